The number of rotatable bonds is 6. The number of carbonyl (C=O) groups excluding carboxylic acids is 1. The highest BCUT2D eigenvalue weighted by atomic mass is 16.1. The van der Waals surface area contributed by atoms with Gasteiger partial charge < -0.3 is 10.2 Å². The van der Waals surface area contributed by atoms with Crippen LogP contribution < -0.4 is 5.32 Å². The lowest BCUT2D eigenvalue weighted by molar-refractivity contribution is 0.0935. The number of amides is 1. The fourth-order valence-corrected chi connectivity index (χ4v) is 3.13. The van der Waals surface area contributed by atoms with Gasteiger partial charge in [-0.2, -0.15) is 5.10 Å². The van der Waals surface area contributed by atoms with Gasteiger partial charge in [-0.25, -0.2) is 9.67 Å². The maximum atomic E-state index is 12.6. The second-order valence-corrected chi connectivity index (χ2v) is 6.59. The van der Waals surface area contributed by atoms with Crippen molar-refractivity contribution in [2.75, 3.05) is 39.8 Å². The van der Waals surface area contributed by atoms with Crippen molar-refractivity contribution in [1.29, 1.82) is 0 Å². The average Bonchev–Trinajstić information content (AvgIpc) is 3.16. The van der Waals surface area contributed by atoms with E-state index in [1.54, 1.807) is 11.0 Å². The number of nitrogens with zero attached hydrogens (tertiary/aromatic N) is 5. The molecule has 1 fully saturated rings. The Kier molecular flexibility index (Phi) is 5.78. The van der Waals surface area contributed by atoms with Crippen molar-refractivity contribution in [2.24, 2.45) is 0 Å². The van der Waals surface area contributed by atoms with Crippen molar-refractivity contribution in [3.63, 3.8) is 0 Å². The molecule has 0 spiro atoms. The number of hydrogen-bond acceptors (Lipinski definition) is 5. The van der Waals surface area contributed by atoms with E-state index in [1.807, 2.05) is 24.3 Å². The molecule has 1 atom stereocenters. The molecule has 2 heterocycles. The van der Waals surface area contributed by atoms with Gasteiger partial charge >= 0.3 is 0 Å². The first-order chi connectivity index (χ1) is 12.1. The minimum atomic E-state index is -0.0725. The van der Waals surface area contributed by atoms with Gasteiger partial charge in [-0.1, -0.05) is 12.1 Å². The third-order valence-electron chi connectivity index (χ3n) is 4.82. The highest BCUT2D eigenvalue weighted by molar-refractivity contribution is 5.97. The molecular formula is C18H26N6O. The largest absolute Gasteiger partial charge is 0.352 e. The molecule has 2 aromatic rings. The molecular weight excluding hydrogens is 316 g/mol. The molecule has 7 nitrogen and oxygen atoms in total. The third-order valence-corrected chi connectivity index (χ3v) is 4.82. The fraction of sp³-hybridized carbons (Fsp3) is 0.500. The van der Waals surface area contributed by atoms with Gasteiger partial charge in [0.25, 0.3) is 5.91 Å². The number of likely N-dealkylation sites (N-methyl/N-ethyl adjacent to an activating group) is 1. The van der Waals surface area contributed by atoms with Crippen LogP contribution in [0, 0.1) is 0 Å². The Morgan fingerprint density at radius 3 is 2.72 bits per heavy atom. The Hall–Kier alpha value is -2.25. The lowest BCUT2D eigenvalue weighted by Gasteiger charge is -2.36. The van der Waals surface area contributed by atoms with Gasteiger partial charge in [0, 0.05) is 38.8 Å². The molecule has 1 aliphatic rings. The Morgan fingerprint density at radius 1 is 1.24 bits per heavy atom. The lowest BCUT2D eigenvalue weighted by atomic mass is 10.1. The summed E-state index contributed by atoms with van der Waals surface area (Å²) in [6, 6.07) is 7.91. The van der Waals surface area contributed by atoms with Crippen LogP contribution in [0.4, 0.5) is 0 Å². The minimum absolute atomic E-state index is 0.0725. The van der Waals surface area contributed by atoms with E-state index in [1.165, 1.54) is 6.33 Å². The van der Waals surface area contributed by atoms with Crippen molar-refractivity contribution < 1.29 is 4.79 Å². The molecule has 0 aliphatic carbocycles. The lowest BCUT2D eigenvalue weighted by Crippen LogP contribution is -2.48. The summed E-state index contributed by atoms with van der Waals surface area (Å²) < 4.78 is 1.61. The molecule has 0 radical (unpaired) electrons. The molecule has 134 valence electrons. The Balaban J connectivity index is 1.53. The smallest absolute Gasteiger partial charge is 0.253 e. The predicted molar refractivity (Wildman–Crippen MR) is 96.8 cm³/mol. The summed E-state index contributed by atoms with van der Waals surface area (Å²) in [7, 11) is 2.16. The van der Waals surface area contributed by atoms with Crippen molar-refractivity contribution in [1.82, 2.24) is 29.9 Å². The van der Waals surface area contributed by atoms with Gasteiger partial charge in [-0.05, 0) is 32.5 Å². The van der Waals surface area contributed by atoms with Crippen molar-refractivity contribution >= 4 is 5.91 Å². The minimum Gasteiger partial charge on any atom is -0.352 e. The molecule has 3 rings (SSSR count). The summed E-state index contributed by atoms with van der Waals surface area (Å²) in [5, 5.41) is 7.16. The standard InChI is InChI=1S/C18H26N6O/c1-15(23-11-9-22(2)10-12-23)7-8-20-18(25)16-5-3-4-6-17(16)24-14-19-13-21-24/h3-6,13-15H,7-12H2,1-2H3,(H,20,25). The first-order valence-electron chi connectivity index (χ1n) is 8.80. The first-order valence-corrected chi connectivity index (χ1v) is 8.80. The molecule has 1 aliphatic heterocycles. The third kappa shape index (κ3) is 4.43. The summed E-state index contributed by atoms with van der Waals surface area (Å²) in [5.41, 5.74) is 1.35. The normalized spacial score (nSPS) is 17.4. The maximum Gasteiger partial charge on any atom is 0.253 e. The van der Waals surface area contributed by atoms with E-state index in [2.05, 4.69) is 39.2 Å². The summed E-state index contributed by atoms with van der Waals surface area (Å²) >= 11 is 0. The molecule has 7 heteroatoms. The second-order valence-electron chi connectivity index (χ2n) is 6.59. The van der Waals surface area contributed by atoms with Crippen LogP contribution in [-0.4, -0.2) is 76.3 Å². The predicted octanol–water partition coefficient (Wildman–Crippen LogP) is 1.02. The zero-order valence-corrected chi connectivity index (χ0v) is 14.9. The summed E-state index contributed by atoms with van der Waals surface area (Å²) in [6.07, 6.45) is 4.01. The number of piperazine rings is 1. The fourth-order valence-electron chi connectivity index (χ4n) is 3.13. The zero-order chi connectivity index (χ0) is 17.6. The monoisotopic (exact) mass is 342 g/mol. The highest BCUT2D eigenvalue weighted by Crippen LogP contribution is 2.13. The number of aromatic nitrogens is 3. The van der Waals surface area contributed by atoms with E-state index < -0.39 is 0 Å². The molecule has 1 aromatic carbocycles. The highest BCUT2D eigenvalue weighted by Gasteiger charge is 2.19. The quantitative estimate of drug-likeness (QED) is 0.849. The number of benzene rings is 1. The van der Waals surface area contributed by atoms with Gasteiger partial charge in [-0.15, -0.1) is 0 Å². The van der Waals surface area contributed by atoms with Crippen LogP contribution in [0.2, 0.25) is 0 Å². The molecule has 0 bridgehead atoms. The average molecular weight is 342 g/mol. The van der Waals surface area contributed by atoms with Crippen molar-refractivity contribution in [2.45, 2.75) is 19.4 Å². The number of carbonyl (C=O) groups is 1. The van der Waals surface area contributed by atoms with Crippen molar-refractivity contribution in [3.05, 3.63) is 42.5 Å². The molecule has 25 heavy (non-hydrogen) atoms. The van der Waals surface area contributed by atoms with Crippen LogP contribution in [0.25, 0.3) is 5.69 Å². The maximum absolute atomic E-state index is 12.6. The van der Waals surface area contributed by atoms with Gasteiger partial charge in [0.1, 0.15) is 12.7 Å². The number of para-hydroxylation sites is 1. The number of hydrogen-bond donors (Lipinski definition) is 1. The summed E-state index contributed by atoms with van der Waals surface area (Å²) in [4.78, 5) is 21.4. The molecule has 1 amide bonds. The SMILES string of the molecule is CC(CCNC(=O)c1ccccc1-n1cncn1)N1CCN(C)CC1. The van der Waals surface area contributed by atoms with Gasteiger partial charge in [0.05, 0.1) is 11.3 Å². The van der Waals surface area contributed by atoms with Gasteiger partial charge in [0.15, 0.2) is 0 Å². The van der Waals surface area contributed by atoms with E-state index in [-0.39, 0.29) is 5.91 Å². The Bertz CT molecular complexity index is 679. The molecule has 1 unspecified atom stereocenters. The van der Waals surface area contributed by atoms with Crippen LogP contribution in [0.1, 0.15) is 23.7 Å². The molecule has 1 saturated heterocycles. The van der Waals surface area contributed by atoms with E-state index in [0.717, 1.165) is 38.3 Å². The molecule has 1 aromatic heterocycles. The van der Waals surface area contributed by atoms with Gasteiger partial charge in [0.2, 0.25) is 0 Å². The Morgan fingerprint density at radius 2 is 2.00 bits per heavy atom. The van der Waals surface area contributed by atoms with E-state index in [4.69, 9.17) is 0 Å². The van der Waals surface area contributed by atoms with Crippen LogP contribution in [-0.2, 0) is 0 Å². The summed E-state index contributed by atoms with van der Waals surface area (Å²) in [5.74, 6) is -0.0725. The summed E-state index contributed by atoms with van der Waals surface area (Å²) in [6.45, 7) is 7.32. The van der Waals surface area contributed by atoms with Crippen LogP contribution >= 0.6 is 0 Å². The van der Waals surface area contributed by atoms with Crippen LogP contribution in [0.5, 0.6) is 0 Å². The number of nitrogens with one attached hydrogen (secondary N) is 1. The zero-order valence-electron chi connectivity index (χ0n) is 14.9. The van der Waals surface area contributed by atoms with Crippen LogP contribution in [0.3, 0.4) is 0 Å². The van der Waals surface area contributed by atoms with E-state index >= 15 is 0 Å². The van der Waals surface area contributed by atoms with Crippen molar-refractivity contribution in [3.8, 4) is 5.69 Å². The van der Waals surface area contributed by atoms with E-state index in [0.29, 0.717) is 18.2 Å². The van der Waals surface area contributed by atoms with Crippen LogP contribution in [0.15, 0.2) is 36.9 Å². The molecule has 0 saturated carbocycles. The topological polar surface area (TPSA) is 66.3 Å². The Labute approximate surface area is 148 Å². The second kappa shape index (κ2) is 8.22. The van der Waals surface area contributed by atoms with Gasteiger partial charge in [-0.3, -0.25) is 9.69 Å². The van der Waals surface area contributed by atoms with E-state index in [9.17, 15) is 4.79 Å². The first kappa shape index (κ1) is 17.6. The molecule has 1 N–H and O–H groups in total.